The Morgan fingerprint density at radius 2 is 2.24 bits per heavy atom. The molecule has 0 atom stereocenters. The topological polar surface area (TPSA) is 58.9 Å². The number of carbonyl (C=O) groups excluding carboxylic acids is 1. The number of phenols is 1. The first-order chi connectivity index (χ1) is 8.13. The number of hydrogen-bond acceptors (Lipinski definition) is 4. The number of hydrogen-bond donors (Lipinski definition) is 1. The molecule has 1 fully saturated rings. The van der Waals surface area contributed by atoms with Crippen LogP contribution >= 0.6 is 11.6 Å². The van der Waals surface area contributed by atoms with Gasteiger partial charge in [-0.15, -0.1) is 0 Å². The van der Waals surface area contributed by atoms with Crippen molar-refractivity contribution in [3.8, 4) is 11.5 Å². The molecule has 0 aliphatic heterocycles. The zero-order valence-electron chi connectivity index (χ0n) is 9.36. The molecule has 90 valence electrons. The van der Waals surface area contributed by atoms with Gasteiger partial charge in [0.1, 0.15) is 0 Å². The third-order valence-corrected chi connectivity index (χ3v) is 3.52. The number of aromatic hydroxyl groups is 1. The highest BCUT2D eigenvalue weighted by atomic mass is 35.5. The molecule has 1 N–H and O–H groups in total. The minimum atomic E-state index is -0.584. The molecule has 0 bridgehead atoms. The van der Waals surface area contributed by atoms with E-state index in [1.807, 2.05) is 0 Å². The van der Waals surface area contributed by atoms with E-state index >= 15 is 0 Å². The number of isocyanates is 1. The van der Waals surface area contributed by atoms with Crippen molar-refractivity contribution in [2.75, 3.05) is 7.11 Å². The molecule has 1 aliphatic carbocycles. The van der Waals surface area contributed by atoms with Crippen LogP contribution in [0.4, 0.5) is 0 Å². The molecule has 1 aromatic carbocycles. The van der Waals surface area contributed by atoms with Crippen molar-refractivity contribution in [2.24, 2.45) is 4.99 Å². The van der Waals surface area contributed by atoms with Gasteiger partial charge < -0.3 is 9.84 Å². The van der Waals surface area contributed by atoms with E-state index in [1.165, 1.54) is 13.2 Å². The van der Waals surface area contributed by atoms with Crippen molar-refractivity contribution in [1.29, 1.82) is 0 Å². The van der Waals surface area contributed by atoms with E-state index in [4.69, 9.17) is 16.3 Å². The number of rotatable bonds is 3. The molecule has 0 radical (unpaired) electrons. The third kappa shape index (κ3) is 1.90. The monoisotopic (exact) mass is 253 g/mol. The molecule has 1 aliphatic rings. The molecule has 1 aromatic rings. The highest BCUT2D eigenvalue weighted by Crippen LogP contribution is 2.49. The van der Waals surface area contributed by atoms with Crippen LogP contribution in [0.3, 0.4) is 0 Å². The lowest BCUT2D eigenvalue weighted by atomic mass is 9.72. The first-order valence-corrected chi connectivity index (χ1v) is 5.67. The Labute approximate surface area is 104 Å². The second-order valence-corrected chi connectivity index (χ2v) is 4.50. The summed E-state index contributed by atoms with van der Waals surface area (Å²) in [5, 5.41) is 9.98. The summed E-state index contributed by atoms with van der Waals surface area (Å²) in [6.45, 7) is 0. The van der Waals surface area contributed by atoms with E-state index in [0.717, 1.165) is 19.3 Å². The Kier molecular flexibility index (Phi) is 3.09. The summed E-state index contributed by atoms with van der Waals surface area (Å²) < 4.78 is 5.03. The number of halogens is 1. The molecule has 5 heteroatoms. The maximum atomic E-state index is 10.5. The van der Waals surface area contributed by atoms with Gasteiger partial charge in [0.15, 0.2) is 11.5 Å². The van der Waals surface area contributed by atoms with Gasteiger partial charge in [-0.25, -0.2) is 4.79 Å². The molecule has 0 unspecified atom stereocenters. The van der Waals surface area contributed by atoms with E-state index in [-0.39, 0.29) is 5.75 Å². The van der Waals surface area contributed by atoms with Crippen molar-refractivity contribution in [3.05, 3.63) is 22.7 Å². The fourth-order valence-corrected chi connectivity index (χ4v) is 2.44. The number of methoxy groups -OCH3 is 1. The molecular formula is C12H12ClNO3. The van der Waals surface area contributed by atoms with E-state index < -0.39 is 5.54 Å². The minimum absolute atomic E-state index is 0.0224. The van der Waals surface area contributed by atoms with Crippen molar-refractivity contribution >= 4 is 17.7 Å². The summed E-state index contributed by atoms with van der Waals surface area (Å²) in [5.41, 5.74) is 0.128. The highest BCUT2D eigenvalue weighted by Gasteiger charge is 2.41. The summed E-state index contributed by atoms with van der Waals surface area (Å²) in [6, 6.07) is 3.05. The van der Waals surface area contributed by atoms with Gasteiger partial charge in [-0.1, -0.05) is 11.6 Å². The Morgan fingerprint density at radius 3 is 2.71 bits per heavy atom. The van der Waals surface area contributed by atoms with Crippen LogP contribution in [0.1, 0.15) is 24.8 Å². The summed E-state index contributed by atoms with van der Waals surface area (Å²) in [4.78, 5) is 14.4. The van der Waals surface area contributed by atoms with Crippen LogP contribution in [0, 0.1) is 0 Å². The average molecular weight is 254 g/mol. The van der Waals surface area contributed by atoms with Crippen LogP contribution in [0.2, 0.25) is 5.02 Å². The first-order valence-electron chi connectivity index (χ1n) is 5.29. The second kappa shape index (κ2) is 4.40. The molecule has 0 heterocycles. The number of nitrogens with zero attached hydrogens (tertiary/aromatic N) is 1. The van der Waals surface area contributed by atoms with E-state index in [0.29, 0.717) is 16.3 Å². The van der Waals surface area contributed by atoms with Crippen LogP contribution < -0.4 is 4.74 Å². The Bertz CT molecular complexity index is 491. The maximum absolute atomic E-state index is 10.5. The summed E-state index contributed by atoms with van der Waals surface area (Å²) in [5.74, 6) is 0.308. The SMILES string of the molecule is COc1cc(C2(N=C=O)CCC2)c(Cl)cc1O. The van der Waals surface area contributed by atoms with Gasteiger partial charge in [-0.2, -0.15) is 4.99 Å². The molecule has 4 nitrogen and oxygen atoms in total. The van der Waals surface area contributed by atoms with Gasteiger partial charge in [-0.3, -0.25) is 0 Å². The van der Waals surface area contributed by atoms with Crippen molar-refractivity contribution in [3.63, 3.8) is 0 Å². The van der Waals surface area contributed by atoms with Gasteiger partial charge in [0.25, 0.3) is 0 Å². The fourth-order valence-electron chi connectivity index (χ4n) is 2.10. The van der Waals surface area contributed by atoms with Crippen LogP contribution in [0.25, 0.3) is 0 Å². The molecule has 0 aromatic heterocycles. The molecule has 0 saturated heterocycles. The van der Waals surface area contributed by atoms with Crippen LogP contribution in [0.15, 0.2) is 17.1 Å². The zero-order valence-corrected chi connectivity index (χ0v) is 10.1. The zero-order chi connectivity index (χ0) is 12.5. The summed E-state index contributed by atoms with van der Waals surface area (Å²) in [6.07, 6.45) is 4.11. The lowest BCUT2D eigenvalue weighted by molar-refractivity contribution is 0.254. The highest BCUT2D eigenvalue weighted by molar-refractivity contribution is 6.31. The van der Waals surface area contributed by atoms with Gasteiger partial charge >= 0.3 is 0 Å². The summed E-state index contributed by atoms with van der Waals surface area (Å²) >= 11 is 6.09. The number of aliphatic imine (C=N–C) groups is 1. The Morgan fingerprint density at radius 1 is 1.53 bits per heavy atom. The second-order valence-electron chi connectivity index (χ2n) is 4.09. The molecule has 2 rings (SSSR count). The Balaban J connectivity index is 2.54. The smallest absolute Gasteiger partial charge is 0.235 e. The molecular weight excluding hydrogens is 242 g/mol. The normalized spacial score (nSPS) is 16.8. The van der Waals surface area contributed by atoms with E-state index in [2.05, 4.69) is 4.99 Å². The third-order valence-electron chi connectivity index (χ3n) is 3.21. The summed E-state index contributed by atoms with van der Waals surface area (Å²) in [7, 11) is 1.46. The molecule has 17 heavy (non-hydrogen) atoms. The number of benzene rings is 1. The van der Waals surface area contributed by atoms with Crippen LogP contribution in [-0.2, 0) is 10.3 Å². The quantitative estimate of drug-likeness (QED) is 0.666. The number of ether oxygens (including phenoxy) is 1. The standard InChI is InChI=1S/C12H12ClNO3/c1-17-11-5-8(9(13)6-10(11)16)12(14-7-15)3-2-4-12/h5-6,16H,2-4H2,1H3. The molecule has 0 spiro atoms. The van der Waals surface area contributed by atoms with E-state index in [9.17, 15) is 9.90 Å². The lowest BCUT2D eigenvalue weighted by Crippen LogP contribution is -2.32. The lowest BCUT2D eigenvalue weighted by Gasteiger charge is -2.37. The fraction of sp³-hybridized carbons (Fsp3) is 0.417. The predicted molar refractivity (Wildman–Crippen MR) is 63.3 cm³/mol. The van der Waals surface area contributed by atoms with Crippen LogP contribution in [0.5, 0.6) is 11.5 Å². The van der Waals surface area contributed by atoms with Crippen molar-refractivity contribution in [1.82, 2.24) is 0 Å². The maximum Gasteiger partial charge on any atom is 0.235 e. The van der Waals surface area contributed by atoms with Crippen LogP contribution in [-0.4, -0.2) is 18.3 Å². The first kappa shape index (κ1) is 12.0. The van der Waals surface area contributed by atoms with Gasteiger partial charge in [0.2, 0.25) is 6.08 Å². The largest absolute Gasteiger partial charge is 0.504 e. The van der Waals surface area contributed by atoms with E-state index in [1.54, 1.807) is 12.1 Å². The van der Waals surface area contributed by atoms with Crippen molar-refractivity contribution in [2.45, 2.75) is 24.8 Å². The number of phenolic OH excluding ortho intramolecular Hbond substituents is 1. The molecule has 1 saturated carbocycles. The van der Waals surface area contributed by atoms with Gasteiger partial charge in [-0.05, 0) is 25.3 Å². The van der Waals surface area contributed by atoms with Gasteiger partial charge in [0, 0.05) is 11.6 Å². The van der Waals surface area contributed by atoms with Crippen molar-refractivity contribution < 1.29 is 14.6 Å². The Hall–Kier alpha value is -1.51. The minimum Gasteiger partial charge on any atom is -0.504 e. The van der Waals surface area contributed by atoms with Gasteiger partial charge in [0.05, 0.1) is 17.7 Å². The average Bonchev–Trinajstić information content (AvgIpc) is 2.24. The molecule has 0 amide bonds. The predicted octanol–water partition coefficient (Wildman–Crippen LogP) is 2.77.